The fraction of sp³-hybridized carbons (Fsp3) is 0.294. The fourth-order valence-electron chi connectivity index (χ4n) is 2.27. The molecular weight excluding hydrogens is 280 g/mol. The van der Waals surface area contributed by atoms with Gasteiger partial charge in [0, 0.05) is 5.70 Å². The van der Waals surface area contributed by atoms with E-state index in [0.29, 0.717) is 11.3 Å². The molecule has 0 aliphatic carbocycles. The lowest BCUT2D eigenvalue weighted by Gasteiger charge is -2.28. The first-order valence-electron chi connectivity index (χ1n) is 7.16. The molecule has 0 unspecified atom stereocenters. The Hall–Kier alpha value is -2.56. The third-order valence-electron chi connectivity index (χ3n) is 3.45. The molecule has 1 aliphatic heterocycles. The molecule has 0 radical (unpaired) electrons. The second-order valence-electron chi connectivity index (χ2n) is 5.15. The summed E-state index contributed by atoms with van der Waals surface area (Å²) in [6.07, 6.45) is 3.57. The standard InChI is InChI=1S/C17H20N2O3/c1-4-5-10-22-16(20)14-12(3)18-17(21)19-15(14)13-8-6-11(2)7-9-13/h4-9,15H,10H2,1-3H3,(H2,18,19,21)/b5-4+/t15-/m1/s1. The highest BCUT2D eigenvalue weighted by Gasteiger charge is 2.31. The van der Waals surface area contributed by atoms with Gasteiger partial charge in [-0.05, 0) is 26.3 Å². The Bertz CT molecular complexity index is 630. The van der Waals surface area contributed by atoms with Crippen LogP contribution in [0.5, 0.6) is 0 Å². The lowest BCUT2D eigenvalue weighted by atomic mass is 9.95. The maximum atomic E-state index is 12.3. The van der Waals surface area contributed by atoms with Crippen molar-refractivity contribution in [1.29, 1.82) is 0 Å². The summed E-state index contributed by atoms with van der Waals surface area (Å²) < 4.78 is 5.23. The number of allylic oxidation sites excluding steroid dienone is 2. The van der Waals surface area contributed by atoms with Gasteiger partial charge in [0.25, 0.3) is 0 Å². The summed E-state index contributed by atoms with van der Waals surface area (Å²) in [7, 11) is 0. The molecule has 1 aromatic carbocycles. The van der Waals surface area contributed by atoms with Gasteiger partial charge in [0.2, 0.25) is 0 Å². The van der Waals surface area contributed by atoms with Gasteiger partial charge in [-0.25, -0.2) is 9.59 Å². The molecule has 5 heteroatoms. The van der Waals surface area contributed by atoms with E-state index in [9.17, 15) is 9.59 Å². The van der Waals surface area contributed by atoms with E-state index in [-0.39, 0.29) is 12.6 Å². The summed E-state index contributed by atoms with van der Waals surface area (Å²) in [5.41, 5.74) is 2.90. The summed E-state index contributed by atoms with van der Waals surface area (Å²) >= 11 is 0. The van der Waals surface area contributed by atoms with Crippen molar-refractivity contribution in [2.75, 3.05) is 6.61 Å². The molecule has 1 heterocycles. The minimum Gasteiger partial charge on any atom is -0.458 e. The molecule has 2 N–H and O–H groups in total. The van der Waals surface area contributed by atoms with Gasteiger partial charge in [0.1, 0.15) is 6.61 Å². The Morgan fingerprint density at radius 2 is 1.95 bits per heavy atom. The highest BCUT2D eigenvalue weighted by molar-refractivity contribution is 5.95. The van der Waals surface area contributed by atoms with Crippen LogP contribution in [-0.4, -0.2) is 18.6 Å². The van der Waals surface area contributed by atoms with E-state index in [1.807, 2.05) is 44.2 Å². The molecule has 0 aromatic heterocycles. The quantitative estimate of drug-likeness (QED) is 0.663. The first kappa shape index (κ1) is 15.8. The predicted octanol–water partition coefficient (Wildman–Crippen LogP) is 2.74. The van der Waals surface area contributed by atoms with Crippen LogP contribution in [0.1, 0.15) is 31.0 Å². The maximum absolute atomic E-state index is 12.3. The van der Waals surface area contributed by atoms with E-state index in [2.05, 4.69) is 10.6 Å². The monoisotopic (exact) mass is 300 g/mol. The van der Waals surface area contributed by atoms with Crippen molar-refractivity contribution in [1.82, 2.24) is 10.6 Å². The predicted molar refractivity (Wildman–Crippen MR) is 84.1 cm³/mol. The minimum absolute atomic E-state index is 0.209. The summed E-state index contributed by atoms with van der Waals surface area (Å²) in [6.45, 7) is 5.75. The van der Waals surface area contributed by atoms with Gasteiger partial charge in [-0.1, -0.05) is 42.0 Å². The zero-order valence-corrected chi connectivity index (χ0v) is 13.0. The Balaban J connectivity index is 2.32. The van der Waals surface area contributed by atoms with Crippen molar-refractivity contribution in [3.05, 3.63) is 58.8 Å². The van der Waals surface area contributed by atoms with Crippen molar-refractivity contribution in [2.45, 2.75) is 26.8 Å². The average Bonchev–Trinajstić information content (AvgIpc) is 2.47. The number of aryl methyl sites for hydroxylation is 1. The Morgan fingerprint density at radius 1 is 1.27 bits per heavy atom. The van der Waals surface area contributed by atoms with Gasteiger partial charge in [-0.2, -0.15) is 0 Å². The molecule has 0 saturated heterocycles. The number of carbonyl (C=O) groups is 2. The van der Waals surface area contributed by atoms with E-state index in [0.717, 1.165) is 11.1 Å². The molecule has 5 nitrogen and oxygen atoms in total. The smallest absolute Gasteiger partial charge is 0.338 e. The van der Waals surface area contributed by atoms with Gasteiger partial charge < -0.3 is 15.4 Å². The van der Waals surface area contributed by atoms with E-state index in [1.165, 1.54) is 0 Å². The van der Waals surface area contributed by atoms with Crippen molar-refractivity contribution in [3.8, 4) is 0 Å². The number of ether oxygens (including phenoxy) is 1. The fourth-order valence-corrected chi connectivity index (χ4v) is 2.27. The van der Waals surface area contributed by atoms with Crippen LogP contribution in [0.25, 0.3) is 0 Å². The second kappa shape index (κ2) is 6.93. The zero-order valence-electron chi connectivity index (χ0n) is 13.0. The number of rotatable bonds is 4. The zero-order chi connectivity index (χ0) is 16.1. The SMILES string of the molecule is C/C=C/COC(=O)C1=C(C)NC(=O)N[C@@H]1c1ccc(C)cc1. The summed E-state index contributed by atoms with van der Waals surface area (Å²) in [5.74, 6) is -0.436. The summed E-state index contributed by atoms with van der Waals surface area (Å²) in [6, 6.07) is 6.86. The van der Waals surface area contributed by atoms with E-state index >= 15 is 0 Å². The minimum atomic E-state index is -0.507. The van der Waals surface area contributed by atoms with Crippen LogP contribution in [0.15, 0.2) is 47.7 Å². The molecule has 2 rings (SSSR count). The second-order valence-corrected chi connectivity index (χ2v) is 5.15. The lowest BCUT2D eigenvalue weighted by molar-refractivity contribution is -0.138. The normalized spacial score (nSPS) is 18.1. The molecule has 0 fully saturated rings. The molecule has 0 bridgehead atoms. The van der Waals surface area contributed by atoms with Gasteiger partial charge in [0.05, 0.1) is 11.6 Å². The highest BCUT2D eigenvalue weighted by atomic mass is 16.5. The van der Waals surface area contributed by atoms with Crippen LogP contribution in [0, 0.1) is 6.92 Å². The Morgan fingerprint density at radius 3 is 2.59 bits per heavy atom. The van der Waals surface area contributed by atoms with Crippen LogP contribution >= 0.6 is 0 Å². The molecule has 22 heavy (non-hydrogen) atoms. The molecule has 1 aromatic rings. The van der Waals surface area contributed by atoms with Gasteiger partial charge in [-0.15, -0.1) is 0 Å². The average molecular weight is 300 g/mol. The Kier molecular flexibility index (Phi) is 4.99. The number of hydrogen-bond acceptors (Lipinski definition) is 3. The van der Waals surface area contributed by atoms with Gasteiger partial charge in [-0.3, -0.25) is 0 Å². The third kappa shape index (κ3) is 3.55. The number of esters is 1. The first-order chi connectivity index (χ1) is 10.5. The molecule has 0 saturated carbocycles. The van der Waals surface area contributed by atoms with Crippen LogP contribution < -0.4 is 10.6 Å². The largest absolute Gasteiger partial charge is 0.458 e. The van der Waals surface area contributed by atoms with E-state index < -0.39 is 12.0 Å². The van der Waals surface area contributed by atoms with Crippen LogP contribution in [-0.2, 0) is 9.53 Å². The number of urea groups is 1. The molecular formula is C17H20N2O3. The lowest BCUT2D eigenvalue weighted by Crippen LogP contribution is -2.45. The number of benzene rings is 1. The maximum Gasteiger partial charge on any atom is 0.338 e. The van der Waals surface area contributed by atoms with Gasteiger partial charge in [0.15, 0.2) is 0 Å². The van der Waals surface area contributed by atoms with Crippen LogP contribution in [0.2, 0.25) is 0 Å². The topological polar surface area (TPSA) is 67.4 Å². The molecule has 1 atom stereocenters. The first-order valence-corrected chi connectivity index (χ1v) is 7.16. The van der Waals surface area contributed by atoms with E-state index in [4.69, 9.17) is 4.74 Å². The van der Waals surface area contributed by atoms with Crippen molar-refractivity contribution < 1.29 is 14.3 Å². The number of carbonyl (C=O) groups excluding carboxylic acids is 2. The number of nitrogens with one attached hydrogen (secondary N) is 2. The van der Waals surface area contributed by atoms with Crippen molar-refractivity contribution >= 4 is 12.0 Å². The molecule has 1 aliphatic rings. The highest BCUT2D eigenvalue weighted by Crippen LogP contribution is 2.27. The van der Waals surface area contributed by atoms with Crippen LogP contribution in [0.3, 0.4) is 0 Å². The number of amides is 2. The summed E-state index contributed by atoms with van der Waals surface area (Å²) in [5, 5.41) is 5.40. The molecule has 2 amide bonds. The van der Waals surface area contributed by atoms with Crippen LogP contribution in [0.4, 0.5) is 4.79 Å². The molecule has 0 spiro atoms. The molecule has 116 valence electrons. The summed E-state index contributed by atoms with van der Waals surface area (Å²) in [4.78, 5) is 24.1. The third-order valence-corrected chi connectivity index (χ3v) is 3.45. The van der Waals surface area contributed by atoms with Crippen molar-refractivity contribution in [2.24, 2.45) is 0 Å². The Labute approximate surface area is 130 Å². The van der Waals surface area contributed by atoms with Gasteiger partial charge >= 0.3 is 12.0 Å². The van der Waals surface area contributed by atoms with Crippen molar-refractivity contribution in [3.63, 3.8) is 0 Å². The number of hydrogen-bond donors (Lipinski definition) is 2. The van der Waals surface area contributed by atoms with E-state index in [1.54, 1.807) is 13.0 Å².